The molecule has 0 radical (unpaired) electrons. The number of benzene rings is 1. The maximum atomic E-state index is 12.8. The first kappa shape index (κ1) is 13.4. The van der Waals surface area contributed by atoms with Gasteiger partial charge in [0.2, 0.25) is 0 Å². The molecule has 18 heavy (non-hydrogen) atoms. The Balaban J connectivity index is 0.00000120. The molecule has 6 heteroatoms. The zero-order valence-corrected chi connectivity index (χ0v) is 10.4. The Bertz CT molecular complexity index is 436. The molecule has 1 atom stereocenters. The molecule has 2 aliphatic heterocycles. The van der Waals surface area contributed by atoms with Gasteiger partial charge in [0.25, 0.3) is 0 Å². The first-order valence-electron chi connectivity index (χ1n) is 5.72. The van der Waals surface area contributed by atoms with Crippen molar-refractivity contribution in [3.05, 3.63) is 23.8 Å². The monoisotopic (exact) mass is 277 g/mol. The van der Waals surface area contributed by atoms with Crippen molar-refractivity contribution >= 4 is 12.4 Å². The van der Waals surface area contributed by atoms with Gasteiger partial charge in [-0.3, -0.25) is 0 Å². The molecule has 0 aliphatic carbocycles. The van der Waals surface area contributed by atoms with Crippen LogP contribution in [0.25, 0.3) is 0 Å². The molecule has 3 nitrogen and oxygen atoms in total. The van der Waals surface area contributed by atoms with Gasteiger partial charge in [0.1, 0.15) is 0 Å². The van der Waals surface area contributed by atoms with Crippen molar-refractivity contribution in [1.82, 2.24) is 5.32 Å². The number of ether oxygens (including phenoxy) is 2. The maximum Gasteiger partial charge on any atom is 0.586 e. The molecule has 1 fully saturated rings. The minimum absolute atomic E-state index is 0. The molecule has 3 rings (SSSR count). The molecule has 1 N–H and O–H groups in total. The predicted molar refractivity (Wildman–Crippen MR) is 64.6 cm³/mol. The van der Waals surface area contributed by atoms with Crippen LogP contribution in [0.2, 0.25) is 0 Å². The third-order valence-electron chi connectivity index (χ3n) is 3.15. The highest BCUT2D eigenvalue weighted by Crippen LogP contribution is 2.41. The summed E-state index contributed by atoms with van der Waals surface area (Å²) in [4.78, 5) is 0. The average Bonchev–Trinajstić information content (AvgIpc) is 2.83. The van der Waals surface area contributed by atoms with E-state index in [1.54, 1.807) is 12.1 Å². The largest absolute Gasteiger partial charge is 0.586 e. The van der Waals surface area contributed by atoms with E-state index in [4.69, 9.17) is 0 Å². The minimum Gasteiger partial charge on any atom is -0.395 e. The smallest absolute Gasteiger partial charge is 0.395 e. The minimum atomic E-state index is -3.52. The van der Waals surface area contributed by atoms with Crippen LogP contribution >= 0.6 is 12.4 Å². The van der Waals surface area contributed by atoms with Crippen molar-refractivity contribution < 1.29 is 18.3 Å². The summed E-state index contributed by atoms with van der Waals surface area (Å²) in [7, 11) is 0. The number of hydrogen-bond acceptors (Lipinski definition) is 3. The SMILES string of the molecule is Cl.FC1(F)Oc2ccc(CC3CCNC3)cc2O1. The lowest BCUT2D eigenvalue weighted by molar-refractivity contribution is -0.286. The first-order chi connectivity index (χ1) is 8.12. The van der Waals surface area contributed by atoms with E-state index in [0.29, 0.717) is 5.92 Å². The van der Waals surface area contributed by atoms with Crippen LogP contribution in [0.3, 0.4) is 0 Å². The Labute approximate surface area is 110 Å². The van der Waals surface area contributed by atoms with Crippen LogP contribution in [0.5, 0.6) is 11.5 Å². The second-order valence-electron chi connectivity index (χ2n) is 4.51. The number of fused-ring (bicyclic) bond motifs is 1. The molecule has 2 aliphatic rings. The fraction of sp³-hybridized carbons (Fsp3) is 0.500. The summed E-state index contributed by atoms with van der Waals surface area (Å²) >= 11 is 0. The second kappa shape index (κ2) is 4.90. The third kappa shape index (κ3) is 2.67. The van der Waals surface area contributed by atoms with E-state index in [1.807, 2.05) is 6.07 Å². The van der Waals surface area contributed by atoms with E-state index in [0.717, 1.165) is 31.5 Å². The normalized spacial score (nSPS) is 23.8. The van der Waals surface area contributed by atoms with Crippen molar-refractivity contribution in [2.75, 3.05) is 13.1 Å². The van der Waals surface area contributed by atoms with Gasteiger partial charge in [-0.1, -0.05) is 6.07 Å². The molecule has 0 spiro atoms. The maximum absolute atomic E-state index is 12.8. The van der Waals surface area contributed by atoms with E-state index >= 15 is 0 Å². The van der Waals surface area contributed by atoms with Gasteiger partial charge in [-0.2, -0.15) is 0 Å². The highest BCUT2D eigenvalue weighted by atomic mass is 35.5. The van der Waals surface area contributed by atoms with Crippen LogP contribution < -0.4 is 14.8 Å². The van der Waals surface area contributed by atoms with Crippen molar-refractivity contribution in [2.45, 2.75) is 19.1 Å². The van der Waals surface area contributed by atoms with Crippen molar-refractivity contribution in [1.29, 1.82) is 0 Å². The number of hydrogen-bond donors (Lipinski definition) is 1. The highest BCUT2D eigenvalue weighted by Gasteiger charge is 2.43. The summed E-state index contributed by atoms with van der Waals surface area (Å²) in [5.74, 6) is 0.831. The molecule has 0 aromatic heterocycles. The van der Waals surface area contributed by atoms with Crippen LogP contribution in [0, 0.1) is 5.92 Å². The third-order valence-corrected chi connectivity index (χ3v) is 3.15. The first-order valence-corrected chi connectivity index (χ1v) is 5.72. The Morgan fingerprint density at radius 3 is 2.78 bits per heavy atom. The van der Waals surface area contributed by atoms with Gasteiger partial charge in [0.05, 0.1) is 0 Å². The zero-order chi connectivity index (χ0) is 11.9. The fourth-order valence-electron chi connectivity index (χ4n) is 2.34. The zero-order valence-electron chi connectivity index (χ0n) is 9.62. The van der Waals surface area contributed by atoms with Gasteiger partial charge in [-0.15, -0.1) is 21.2 Å². The molecular formula is C12H14ClF2NO2. The van der Waals surface area contributed by atoms with Gasteiger partial charge in [-0.05, 0) is 49.5 Å². The standard InChI is InChI=1S/C12H13F2NO2.ClH/c13-12(14)16-10-2-1-8(6-11(10)17-12)5-9-3-4-15-7-9;/h1-2,6,9,15H,3-5,7H2;1H. The van der Waals surface area contributed by atoms with Gasteiger partial charge >= 0.3 is 6.29 Å². The topological polar surface area (TPSA) is 30.5 Å². The summed E-state index contributed by atoms with van der Waals surface area (Å²) < 4.78 is 34.4. The van der Waals surface area contributed by atoms with Crippen molar-refractivity contribution in [3.63, 3.8) is 0 Å². The van der Waals surface area contributed by atoms with E-state index in [2.05, 4.69) is 14.8 Å². The van der Waals surface area contributed by atoms with Crippen molar-refractivity contribution in [3.8, 4) is 11.5 Å². The van der Waals surface area contributed by atoms with Crippen molar-refractivity contribution in [2.24, 2.45) is 5.92 Å². The summed E-state index contributed by atoms with van der Waals surface area (Å²) in [6.45, 7) is 2.03. The van der Waals surface area contributed by atoms with Gasteiger partial charge in [0, 0.05) is 0 Å². The number of alkyl halides is 2. The van der Waals surface area contributed by atoms with Crippen LogP contribution in [-0.2, 0) is 6.42 Å². The van der Waals surface area contributed by atoms with E-state index in [1.165, 1.54) is 0 Å². The Morgan fingerprint density at radius 1 is 1.28 bits per heavy atom. The van der Waals surface area contributed by atoms with Crippen LogP contribution in [0.4, 0.5) is 8.78 Å². The predicted octanol–water partition coefficient (Wildman–Crippen LogP) is 2.58. The van der Waals surface area contributed by atoms with Gasteiger partial charge < -0.3 is 14.8 Å². The number of nitrogens with one attached hydrogen (secondary N) is 1. The summed E-state index contributed by atoms with van der Waals surface area (Å²) in [6.07, 6.45) is -1.50. The van der Waals surface area contributed by atoms with Gasteiger partial charge in [-0.25, -0.2) is 0 Å². The molecule has 0 bridgehead atoms. The highest BCUT2D eigenvalue weighted by molar-refractivity contribution is 5.85. The molecule has 1 aromatic carbocycles. The summed E-state index contributed by atoms with van der Waals surface area (Å²) in [5, 5.41) is 3.28. The molecule has 2 heterocycles. The summed E-state index contributed by atoms with van der Waals surface area (Å²) in [5.41, 5.74) is 1.01. The molecule has 1 saturated heterocycles. The number of rotatable bonds is 2. The van der Waals surface area contributed by atoms with Crippen LogP contribution in [0.15, 0.2) is 18.2 Å². The molecule has 1 unspecified atom stereocenters. The Morgan fingerprint density at radius 2 is 2.06 bits per heavy atom. The lowest BCUT2D eigenvalue weighted by atomic mass is 9.98. The van der Waals surface area contributed by atoms with E-state index in [9.17, 15) is 8.78 Å². The molecular weight excluding hydrogens is 264 g/mol. The lowest BCUT2D eigenvalue weighted by Gasteiger charge is -2.08. The molecule has 0 saturated carbocycles. The quantitative estimate of drug-likeness (QED) is 0.901. The summed E-state index contributed by atoms with van der Waals surface area (Å²) in [6, 6.07) is 5.02. The van der Waals surface area contributed by atoms with Gasteiger partial charge in [0.15, 0.2) is 11.5 Å². The average molecular weight is 278 g/mol. The molecule has 100 valence electrons. The fourth-order valence-corrected chi connectivity index (χ4v) is 2.34. The van der Waals surface area contributed by atoms with Crippen LogP contribution in [0.1, 0.15) is 12.0 Å². The van der Waals surface area contributed by atoms with E-state index in [-0.39, 0.29) is 23.9 Å². The molecule has 1 aromatic rings. The molecule has 0 amide bonds. The Hall–Kier alpha value is -1.07. The lowest BCUT2D eigenvalue weighted by Crippen LogP contribution is -2.25. The number of halogens is 3. The van der Waals surface area contributed by atoms with Crippen LogP contribution in [-0.4, -0.2) is 19.4 Å². The van der Waals surface area contributed by atoms with E-state index < -0.39 is 6.29 Å². The second-order valence-corrected chi connectivity index (χ2v) is 4.51. The Kier molecular flexibility index (Phi) is 3.64.